The van der Waals surface area contributed by atoms with Crippen molar-refractivity contribution in [1.29, 1.82) is 0 Å². The molecule has 1 aliphatic heterocycles. The van der Waals surface area contributed by atoms with E-state index in [0.29, 0.717) is 30.2 Å². The Kier molecular flexibility index (Phi) is 9.69. The number of rotatable bonds is 10. The van der Waals surface area contributed by atoms with Crippen LogP contribution in [0.25, 0.3) is 0 Å². The Morgan fingerprint density at radius 2 is 1.61 bits per heavy atom. The summed E-state index contributed by atoms with van der Waals surface area (Å²) in [5.74, 6) is 0.470. The monoisotopic (exact) mass is 496 g/mol. The number of nitrogens with one attached hydrogen (secondary N) is 3. The van der Waals surface area contributed by atoms with Crippen molar-refractivity contribution in [2.75, 3.05) is 52.5 Å². The van der Waals surface area contributed by atoms with E-state index in [9.17, 15) is 14.4 Å². The maximum atomic E-state index is 12.3. The molecule has 0 bridgehead atoms. The molecule has 2 aromatic carbocycles. The highest BCUT2D eigenvalue weighted by Crippen LogP contribution is 2.22. The predicted molar refractivity (Wildman–Crippen MR) is 137 cm³/mol. The van der Waals surface area contributed by atoms with Gasteiger partial charge in [-0.1, -0.05) is 39.0 Å². The molecule has 1 saturated heterocycles. The van der Waals surface area contributed by atoms with Crippen LogP contribution in [0.15, 0.2) is 48.5 Å². The molecule has 1 fully saturated rings. The summed E-state index contributed by atoms with van der Waals surface area (Å²) < 4.78 is 11.3. The third-order valence-electron chi connectivity index (χ3n) is 5.75. The van der Waals surface area contributed by atoms with Crippen molar-refractivity contribution in [3.63, 3.8) is 0 Å². The minimum absolute atomic E-state index is 0.00922. The lowest BCUT2D eigenvalue weighted by atomic mass is 9.87. The van der Waals surface area contributed by atoms with Crippen LogP contribution in [-0.2, 0) is 15.0 Å². The molecule has 36 heavy (non-hydrogen) atoms. The summed E-state index contributed by atoms with van der Waals surface area (Å²) in [6, 6.07) is 14.4. The normalized spacial score (nSPS) is 13.6. The second-order valence-corrected chi connectivity index (χ2v) is 9.60. The summed E-state index contributed by atoms with van der Waals surface area (Å²) in [5.41, 5.74) is 1.66. The molecule has 0 atom stereocenters. The molecule has 2 aromatic rings. The van der Waals surface area contributed by atoms with Gasteiger partial charge in [-0.05, 0) is 35.2 Å². The Hall–Kier alpha value is -3.59. The summed E-state index contributed by atoms with van der Waals surface area (Å²) in [6.07, 6.45) is 0. The first-order valence-corrected chi connectivity index (χ1v) is 12.2. The largest absolute Gasteiger partial charge is 0.492 e. The Morgan fingerprint density at radius 1 is 0.944 bits per heavy atom. The lowest BCUT2D eigenvalue weighted by Gasteiger charge is -2.27. The smallest absolute Gasteiger partial charge is 0.260 e. The molecule has 0 aromatic heterocycles. The van der Waals surface area contributed by atoms with Crippen molar-refractivity contribution in [3.8, 4) is 11.5 Å². The lowest BCUT2D eigenvalue weighted by Crippen LogP contribution is -2.47. The highest BCUT2D eigenvalue weighted by atomic mass is 16.5. The van der Waals surface area contributed by atoms with E-state index >= 15 is 0 Å². The quantitative estimate of drug-likeness (QED) is 0.432. The van der Waals surface area contributed by atoms with Gasteiger partial charge >= 0.3 is 0 Å². The van der Waals surface area contributed by atoms with Gasteiger partial charge in [0.1, 0.15) is 18.1 Å². The van der Waals surface area contributed by atoms with Crippen LogP contribution in [0, 0.1) is 0 Å². The van der Waals surface area contributed by atoms with Crippen molar-refractivity contribution < 1.29 is 23.9 Å². The van der Waals surface area contributed by atoms with Crippen molar-refractivity contribution in [1.82, 2.24) is 20.9 Å². The fraction of sp³-hybridized carbons (Fsp3) is 0.444. The van der Waals surface area contributed by atoms with Gasteiger partial charge in [0.15, 0.2) is 6.61 Å². The molecular weight excluding hydrogens is 460 g/mol. The molecule has 0 saturated carbocycles. The molecule has 3 N–H and O–H groups in total. The van der Waals surface area contributed by atoms with Crippen molar-refractivity contribution >= 4 is 17.7 Å². The van der Waals surface area contributed by atoms with Crippen molar-refractivity contribution in [3.05, 3.63) is 59.7 Å². The molecule has 0 radical (unpaired) electrons. The van der Waals surface area contributed by atoms with Gasteiger partial charge in [0.25, 0.3) is 11.8 Å². The number of ether oxygens (including phenoxy) is 2. The van der Waals surface area contributed by atoms with Crippen LogP contribution in [0.5, 0.6) is 11.5 Å². The number of piperazine rings is 1. The lowest BCUT2D eigenvalue weighted by molar-refractivity contribution is -0.133. The van der Waals surface area contributed by atoms with E-state index in [1.807, 2.05) is 12.1 Å². The number of carbonyl (C=O) groups excluding carboxylic acids is 3. The maximum Gasteiger partial charge on any atom is 0.260 e. The van der Waals surface area contributed by atoms with Crippen LogP contribution in [0.3, 0.4) is 0 Å². The number of benzene rings is 2. The highest BCUT2D eigenvalue weighted by Gasteiger charge is 2.17. The topological polar surface area (TPSA) is 109 Å². The van der Waals surface area contributed by atoms with Crippen molar-refractivity contribution in [2.24, 2.45) is 0 Å². The van der Waals surface area contributed by atoms with Gasteiger partial charge in [0, 0.05) is 37.8 Å². The number of nitrogens with zero attached hydrogens (tertiary/aromatic N) is 1. The third kappa shape index (κ3) is 8.57. The molecule has 1 heterocycles. The molecular formula is C27H36N4O5. The van der Waals surface area contributed by atoms with Crippen LogP contribution in [0.1, 0.15) is 36.7 Å². The Bertz CT molecular complexity index is 1030. The second-order valence-electron chi connectivity index (χ2n) is 9.60. The van der Waals surface area contributed by atoms with E-state index in [1.54, 1.807) is 41.3 Å². The average Bonchev–Trinajstić information content (AvgIpc) is 2.88. The van der Waals surface area contributed by atoms with Gasteiger partial charge in [-0.2, -0.15) is 0 Å². The van der Waals surface area contributed by atoms with E-state index in [4.69, 9.17) is 9.47 Å². The van der Waals surface area contributed by atoms with E-state index in [1.165, 1.54) is 0 Å². The number of hydrogen-bond acceptors (Lipinski definition) is 6. The number of amides is 3. The van der Waals surface area contributed by atoms with Gasteiger partial charge < -0.3 is 30.3 Å². The zero-order valence-corrected chi connectivity index (χ0v) is 21.3. The van der Waals surface area contributed by atoms with Gasteiger partial charge in [0.2, 0.25) is 5.91 Å². The average molecular weight is 497 g/mol. The van der Waals surface area contributed by atoms with Crippen LogP contribution in [0.2, 0.25) is 0 Å². The fourth-order valence-electron chi connectivity index (χ4n) is 3.61. The molecule has 0 spiro atoms. The van der Waals surface area contributed by atoms with Crippen LogP contribution >= 0.6 is 0 Å². The molecule has 194 valence electrons. The number of hydrogen-bond donors (Lipinski definition) is 3. The summed E-state index contributed by atoms with van der Waals surface area (Å²) in [4.78, 5) is 38.4. The predicted octanol–water partition coefficient (Wildman–Crippen LogP) is 1.72. The Balaban J connectivity index is 1.33. The molecule has 3 amide bonds. The fourth-order valence-corrected chi connectivity index (χ4v) is 3.61. The van der Waals surface area contributed by atoms with E-state index in [2.05, 4.69) is 36.7 Å². The Morgan fingerprint density at radius 3 is 2.28 bits per heavy atom. The molecule has 9 nitrogen and oxygen atoms in total. The zero-order chi connectivity index (χ0) is 26.0. The first-order chi connectivity index (χ1) is 17.2. The van der Waals surface area contributed by atoms with Crippen molar-refractivity contribution in [2.45, 2.75) is 26.2 Å². The SMILES string of the molecule is CC(C)(C)c1ccc(C(=O)NCC(=O)NCCOc2cccc(OCC(=O)N3CCNCC3)c2)cc1. The van der Waals surface area contributed by atoms with Gasteiger partial charge in [-0.25, -0.2) is 0 Å². The minimum atomic E-state index is -0.304. The van der Waals surface area contributed by atoms with E-state index in [0.717, 1.165) is 18.7 Å². The Labute approximate surface area is 212 Å². The summed E-state index contributed by atoms with van der Waals surface area (Å²) >= 11 is 0. The molecule has 0 unspecified atom stereocenters. The first-order valence-electron chi connectivity index (χ1n) is 12.2. The van der Waals surface area contributed by atoms with Gasteiger partial charge in [0.05, 0.1) is 13.1 Å². The van der Waals surface area contributed by atoms with Gasteiger partial charge in [-0.15, -0.1) is 0 Å². The van der Waals surface area contributed by atoms with Gasteiger partial charge in [-0.3, -0.25) is 14.4 Å². The van der Waals surface area contributed by atoms with E-state index in [-0.39, 0.29) is 49.4 Å². The summed E-state index contributed by atoms with van der Waals surface area (Å²) in [5, 5.41) is 8.55. The zero-order valence-electron chi connectivity index (χ0n) is 21.3. The molecule has 3 rings (SSSR count). The molecule has 1 aliphatic rings. The number of carbonyl (C=O) groups is 3. The minimum Gasteiger partial charge on any atom is -0.492 e. The van der Waals surface area contributed by atoms with Crippen LogP contribution in [0.4, 0.5) is 0 Å². The second kappa shape index (κ2) is 12.9. The maximum absolute atomic E-state index is 12.3. The highest BCUT2D eigenvalue weighted by molar-refractivity contribution is 5.96. The molecule has 9 heteroatoms. The summed E-state index contributed by atoms with van der Waals surface area (Å²) in [6.45, 7) is 9.67. The third-order valence-corrected chi connectivity index (χ3v) is 5.75. The summed E-state index contributed by atoms with van der Waals surface area (Å²) in [7, 11) is 0. The standard InChI is InChI=1S/C27H36N4O5/c1-27(2,3)21-9-7-20(8-10-21)26(34)30-18-24(32)29-13-16-35-22-5-4-6-23(17-22)36-19-25(33)31-14-11-28-12-15-31/h4-10,17,28H,11-16,18-19H2,1-3H3,(H,29,32)(H,30,34). The van der Waals surface area contributed by atoms with Crippen LogP contribution in [-0.4, -0.2) is 75.1 Å². The van der Waals surface area contributed by atoms with E-state index < -0.39 is 0 Å². The first kappa shape index (κ1) is 27.0. The van der Waals surface area contributed by atoms with Crippen LogP contribution < -0.4 is 25.4 Å². The molecule has 0 aliphatic carbocycles.